The molecule has 2 heterocycles. The fraction of sp³-hybridized carbons (Fsp3) is 0.200. The molecule has 0 spiro atoms. The molecule has 0 aliphatic heterocycles. The molecule has 7 nitrogen and oxygen atoms in total. The molecule has 2 aromatic heterocycles. The summed E-state index contributed by atoms with van der Waals surface area (Å²) in [5.41, 5.74) is 0.899. The van der Waals surface area contributed by atoms with Gasteiger partial charge in [0.25, 0.3) is 10.0 Å². The molecule has 0 aliphatic rings. The third-order valence-electron chi connectivity index (χ3n) is 3.45. The Hall–Kier alpha value is -2.03. The van der Waals surface area contributed by atoms with Crippen LogP contribution in [0.3, 0.4) is 0 Å². The quantitative estimate of drug-likeness (QED) is 0.689. The van der Waals surface area contributed by atoms with Crippen LogP contribution in [-0.2, 0) is 23.1 Å². The Balaban J connectivity index is 1.73. The van der Waals surface area contributed by atoms with Gasteiger partial charge in [-0.15, -0.1) is 0 Å². The Morgan fingerprint density at radius 1 is 1.16 bits per heavy atom. The number of rotatable bonds is 6. The van der Waals surface area contributed by atoms with Crippen LogP contribution < -0.4 is 4.72 Å². The van der Waals surface area contributed by atoms with E-state index in [0.29, 0.717) is 23.1 Å². The van der Waals surface area contributed by atoms with Crippen LogP contribution in [0.4, 0.5) is 5.82 Å². The average molecular weight is 400 g/mol. The lowest BCUT2D eigenvalue weighted by Crippen LogP contribution is -2.13. The van der Waals surface area contributed by atoms with E-state index in [1.807, 2.05) is 13.0 Å². The molecule has 1 N–H and O–H groups in total. The summed E-state index contributed by atoms with van der Waals surface area (Å²) in [6.45, 7) is 2.90. The number of sulfonamides is 1. The fourth-order valence-electron chi connectivity index (χ4n) is 2.18. The Kier molecular flexibility index (Phi) is 5.03. The van der Waals surface area contributed by atoms with Gasteiger partial charge in [0.05, 0.1) is 22.8 Å². The molecule has 0 saturated heterocycles. The third kappa shape index (κ3) is 4.15. The maximum atomic E-state index is 12.3. The molecule has 0 saturated carbocycles. The summed E-state index contributed by atoms with van der Waals surface area (Å²) in [6, 6.07) is 6.87. The second kappa shape index (κ2) is 7.07. The molecule has 0 unspecified atom stereocenters. The zero-order valence-electron chi connectivity index (χ0n) is 13.2. The Bertz CT molecular complexity index is 997. The van der Waals surface area contributed by atoms with Gasteiger partial charge in [-0.1, -0.05) is 29.3 Å². The van der Waals surface area contributed by atoms with Gasteiger partial charge >= 0.3 is 0 Å². The molecule has 0 radical (unpaired) electrons. The summed E-state index contributed by atoms with van der Waals surface area (Å²) in [7, 11) is -3.72. The summed E-state index contributed by atoms with van der Waals surface area (Å²) in [6.07, 6.45) is 4.45. The molecule has 0 amide bonds. The number of nitrogens with zero attached hydrogens (tertiary/aromatic N) is 4. The van der Waals surface area contributed by atoms with Crippen molar-refractivity contribution in [1.82, 2.24) is 19.6 Å². The van der Waals surface area contributed by atoms with Crippen LogP contribution >= 0.6 is 23.2 Å². The Morgan fingerprint density at radius 2 is 1.96 bits per heavy atom. The largest absolute Gasteiger partial charge is 0.272 e. The van der Waals surface area contributed by atoms with E-state index in [1.54, 1.807) is 29.1 Å². The number of benzene rings is 1. The van der Waals surface area contributed by atoms with Gasteiger partial charge in [-0.05, 0) is 24.6 Å². The van der Waals surface area contributed by atoms with E-state index in [9.17, 15) is 8.42 Å². The molecule has 10 heteroatoms. The normalized spacial score (nSPS) is 11.6. The van der Waals surface area contributed by atoms with Gasteiger partial charge in [-0.2, -0.15) is 10.2 Å². The summed E-state index contributed by atoms with van der Waals surface area (Å²) in [5.74, 6) is 0.226. The van der Waals surface area contributed by atoms with Crippen LogP contribution in [0.2, 0.25) is 10.0 Å². The average Bonchev–Trinajstić information content (AvgIpc) is 3.20. The van der Waals surface area contributed by atoms with Crippen molar-refractivity contribution in [2.24, 2.45) is 0 Å². The van der Waals surface area contributed by atoms with Gasteiger partial charge in [0, 0.05) is 25.0 Å². The molecule has 132 valence electrons. The van der Waals surface area contributed by atoms with Crippen LogP contribution in [0.15, 0.2) is 47.8 Å². The number of anilines is 1. The standard InChI is InChI=1S/C15H15Cl2N5O2S/c1-2-21-10-12(8-18-21)25(23,24)20-15-5-6-22(19-15)9-11-3-4-13(16)14(17)7-11/h3-8,10H,2,9H2,1H3,(H,19,20). The van der Waals surface area contributed by atoms with Gasteiger partial charge in [-0.3, -0.25) is 14.1 Å². The zero-order valence-corrected chi connectivity index (χ0v) is 15.6. The highest BCUT2D eigenvalue weighted by atomic mass is 35.5. The van der Waals surface area contributed by atoms with Crippen LogP contribution in [0.1, 0.15) is 12.5 Å². The van der Waals surface area contributed by atoms with E-state index >= 15 is 0 Å². The summed E-state index contributed by atoms with van der Waals surface area (Å²) in [4.78, 5) is 0.0911. The number of nitrogens with one attached hydrogen (secondary N) is 1. The SMILES string of the molecule is CCn1cc(S(=O)(=O)Nc2ccn(Cc3ccc(Cl)c(Cl)c3)n2)cn1. The van der Waals surface area contributed by atoms with E-state index < -0.39 is 10.0 Å². The minimum Gasteiger partial charge on any atom is -0.272 e. The van der Waals surface area contributed by atoms with Crippen molar-refractivity contribution in [3.63, 3.8) is 0 Å². The number of aryl methyl sites for hydroxylation is 1. The lowest BCUT2D eigenvalue weighted by atomic mass is 10.2. The van der Waals surface area contributed by atoms with Gasteiger partial charge in [0.2, 0.25) is 0 Å². The summed E-state index contributed by atoms with van der Waals surface area (Å²) in [5, 5.41) is 9.12. The van der Waals surface area contributed by atoms with Crippen molar-refractivity contribution in [1.29, 1.82) is 0 Å². The minimum absolute atomic E-state index is 0.0911. The number of hydrogen-bond acceptors (Lipinski definition) is 4. The predicted octanol–water partition coefficient (Wildman–Crippen LogP) is 3.26. The smallest absolute Gasteiger partial charge is 0.266 e. The van der Waals surface area contributed by atoms with Crippen molar-refractivity contribution in [2.75, 3.05) is 4.72 Å². The summed E-state index contributed by atoms with van der Waals surface area (Å²) < 4.78 is 30.3. The van der Waals surface area contributed by atoms with Gasteiger partial charge in [0.15, 0.2) is 5.82 Å². The van der Waals surface area contributed by atoms with Gasteiger partial charge in [-0.25, -0.2) is 8.42 Å². The van der Waals surface area contributed by atoms with E-state index in [2.05, 4.69) is 14.9 Å². The van der Waals surface area contributed by atoms with Crippen LogP contribution in [0.25, 0.3) is 0 Å². The first-order valence-electron chi connectivity index (χ1n) is 7.40. The Morgan fingerprint density at radius 3 is 2.64 bits per heavy atom. The maximum Gasteiger partial charge on any atom is 0.266 e. The van der Waals surface area contributed by atoms with Crippen molar-refractivity contribution in [3.05, 3.63) is 58.5 Å². The van der Waals surface area contributed by atoms with Gasteiger partial charge in [0.1, 0.15) is 4.90 Å². The fourth-order valence-corrected chi connectivity index (χ4v) is 3.45. The minimum atomic E-state index is -3.72. The van der Waals surface area contributed by atoms with Crippen LogP contribution in [0.5, 0.6) is 0 Å². The number of aromatic nitrogens is 4. The molecular formula is C15H15Cl2N5O2S. The molecule has 0 fully saturated rings. The third-order valence-corrected chi connectivity index (χ3v) is 5.50. The number of hydrogen-bond donors (Lipinski definition) is 1. The van der Waals surface area contributed by atoms with Crippen LogP contribution in [-0.4, -0.2) is 28.0 Å². The van der Waals surface area contributed by atoms with E-state index in [-0.39, 0.29) is 10.7 Å². The van der Waals surface area contributed by atoms with E-state index in [0.717, 1.165) is 5.56 Å². The monoisotopic (exact) mass is 399 g/mol. The highest BCUT2D eigenvalue weighted by Gasteiger charge is 2.17. The molecule has 0 atom stereocenters. The molecule has 0 aliphatic carbocycles. The van der Waals surface area contributed by atoms with Crippen LogP contribution in [0, 0.1) is 0 Å². The summed E-state index contributed by atoms with van der Waals surface area (Å²) >= 11 is 11.9. The topological polar surface area (TPSA) is 81.8 Å². The van der Waals surface area contributed by atoms with Crippen molar-refractivity contribution < 1.29 is 8.42 Å². The molecule has 0 bridgehead atoms. The number of halogens is 2. The lowest BCUT2D eigenvalue weighted by molar-refractivity contribution is 0.600. The van der Waals surface area contributed by atoms with E-state index in [1.165, 1.54) is 17.1 Å². The van der Waals surface area contributed by atoms with Gasteiger partial charge < -0.3 is 0 Å². The van der Waals surface area contributed by atoms with Crippen molar-refractivity contribution in [3.8, 4) is 0 Å². The molecule has 25 heavy (non-hydrogen) atoms. The first-order valence-corrected chi connectivity index (χ1v) is 9.64. The second-order valence-electron chi connectivity index (χ2n) is 5.28. The van der Waals surface area contributed by atoms with E-state index in [4.69, 9.17) is 23.2 Å². The molecule has 3 rings (SSSR count). The first-order chi connectivity index (χ1) is 11.9. The molecular weight excluding hydrogens is 385 g/mol. The Labute approximate surface area is 155 Å². The highest BCUT2D eigenvalue weighted by molar-refractivity contribution is 7.92. The molecule has 1 aromatic carbocycles. The molecule has 3 aromatic rings. The van der Waals surface area contributed by atoms with Crippen molar-refractivity contribution in [2.45, 2.75) is 24.9 Å². The first kappa shape index (κ1) is 17.8. The maximum absolute atomic E-state index is 12.3. The zero-order chi connectivity index (χ0) is 18.0. The van der Waals surface area contributed by atoms with Crippen molar-refractivity contribution >= 4 is 39.0 Å². The highest BCUT2D eigenvalue weighted by Crippen LogP contribution is 2.23. The predicted molar refractivity (Wildman–Crippen MR) is 96.5 cm³/mol. The lowest BCUT2D eigenvalue weighted by Gasteiger charge is -2.05. The second-order valence-corrected chi connectivity index (χ2v) is 7.78.